The molecular weight excluding hydrogens is 258 g/mol. The molecule has 0 bridgehead atoms. The van der Waals surface area contributed by atoms with Crippen LogP contribution in [0.3, 0.4) is 0 Å². The minimum atomic E-state index is -0.0986. The van der Waals surface area contributed by atoms with Crippen molar-refractivity contribution in [2.24, 2.45) is 0 Å². The van der Waals surface area contributed by atoms with Crippen LogP contribution in [0.15, 0.2) is 16.5 Å². The molecule has 1 atom stereocenters. The molecule has 1 rings (SSSR count). The first-order valence-electron chi connectivity index (χ1n) is 4.99. The first-order chi connectivity index (χ1) is 7.04. The average molecular weight is 274 g/mol. The van der Waals surface area contributed by atoms with Gasteiger partial charge in [0.2, 0.25) is 5.91 Å². The second-order valence-corrected chi connectivity index (χ2v) is 4.69. The monoisotopic (exact) mass is 273 g/mol. The minimum Gasteiger partial charge on any atom is -0.464 e. The number of carbonyl (C=O) groups excluding carboxylic acids is 1. The van der Waals surface area contributed by atoms with Crippen molar-refractivity contribution >= 4 is 21.8 Å². The summed E-state index contributed by atoms with van der Waals surface area (Å²) in [6, 6.07) is 3.80. The highest BCUT2D eigenvalue weighted by Crippen LogP contribution is 2.12. The number of alkyl halides is 1. The number of carbonyl (C=O) groups is 1. The largest absolute Gasteiger partial charge is 0.464 e. The van der Waals surface area contributed by atoms with E-state index in [1.165, 1.54) is 0 Å². The van der Waals surface area contributed by atoms with E-state index >= 15 is 0 Å². The summed E-state index contributed by atoms with van der Waals surface area (Å²) in [5, 5.41) is 0. The Bertz CT molecular complexity index is 335. The van der Waals surface area contributed by atoms with Crippen molar-refractivity contribution in [1.29, 1.82) is 0 Å². The molecule has 1 aromatic rings. The highest BCUT2D eigenvalue weighted by molar-refractivity contribution is 9.10. The Morgan fingerprint density at radius 3 is 2.73 bits per heavy atom. The molecule has 4 heteroatoms. The molecule has 0 radical (unpaired) electrons. The molecule has 0 saturated carbocycles. The third-order valence-corrected chi connectivity index (χ3v) is 3.23. The molecular formula is C11H16BrNO2. The molecule has 0 saturated heterocycles. The topological polar surface area (TPSA) is 33.5 Å². The van der Waals surface area contributed by atoms with Crippen molar-refractivity contribution in [2.45, 2.75) is 31.6 Å². The zero-order valence-corrected chi connectivity index (χ0v) is 10.9. The number of nitrogens with zero attached hydrogens (tertiary/aromatic N) is 1. The fourth-order valence-electron chi connectivity index (χ4n) is 1.30. The number of hydrogen-bond donors (Lipinski definition) is 0. The van der Waals surface area contributed by atoms with Gasteiger partial charge >= 0.3 is 0 Å². The molecule has 1 unspecified atom stereocenters. The average Bonchev–Trinajstić information content (AvgIpc) is 2.61. The summed E-state index contributed by atoms with van der Waals surface area (Å²) < 4.78 is 5.41. The van der Waals surface area contributed by atoms with Gasteiger partial charge in [-0.25, -0.2) is 0 Å². The van der Waals surface area contributed by atoms with E-state index in [1.807, 2.05) is 26.0 Å². The second-order valence-electron chi connectivity index (χ2n) is 3.58. The van der Waals surface area contributed by atoms with Gasteiger partial charge in [0.1, 0.15) is 11.5 Å². The van der Waals surface area contributed by atoms with Gasteiger partial charge in [0.05, 0.1) is 11.4 Å². The molecule has 1 aromatic heterocycles. The molecule has 0 aliphatic rings. The van der Waals surface area contributed by atoms with Crippen molar-refractivity contribution in [3.63, 3.8) is 0 Å². The van der Waals surface area contributed by atoms with Crippen LogP contribution >= 0.6 is 15.9 Å². The van der Waals surface area contributed by atoms with Gasteiger partial charge in [-0.1, -0.05) is 22.9 Å². The minimum absolute atomic E-state index is 0.0894. The molecule has 0 aliphatic carbocycles. The molecule has 0 aliphatic heterocycles. The number of rotatable bonds is 4. The van der Waals surface area contributed by atoms with E-state index in [0.29, 0.717) is 6.54 Å². The van der Waals surface area contributed by atoms with E-state index in [1.54, 1.807) is 11.9 Å². The Balaban J connectivity index is 2.55. The third-order valence-electron chi connectivity index (χ3n) is 2.19. The van der Waals surface area contributed by atoms with Gasteiger partial charge in [-0.15, -0.1) is 0 Å². The molecule has 0 aromatic carbocycles. The predicted molar refractivity (Wildman–Crippen MR) is 62.9 cm³/mol. The Hall–Kier alpha value is -0.770. The van der Waals surface area contributed by atoms with Crippen molar-refractivity contribution in [3.8, 4) is 0 Å². The number of amides is 1. The zero-order valence-electron chi connectivity index (χ0n) is 9.29. The van der Waals surface area contributed by atoms with Crippen molar-refractivity contribution in [1.82, 2.24) is 4.90 Å². The smallest absolute Gasteiger partial charge is 0.236 e. The standard InChI is InChI=1S/C11H16BrNO2/c1-4-10(12)11(14)13(3)7-9-6-5-8(2)15-9/h5-6,10H,4,7H2,1-3H3. The van der Waals surface area contributed by atoms with Gasteiger partial charge in [-0.05, 0) is 25.5 Å². The van der Waals surface area contributed by atoms with Crippen LogP contribution in [0.4, 0.5) is 0 Å². The van der Waals surface area contributed by atoms with Crippen LogP contribution in [0, 0.1) is 6.92 Å². The highest BCUT2D eigenvalue weighted by atomic mass is 79.9. The van der Waals surface area contributed by atoms with E-state index in [-0.39, 0.29) is 10.7 Å². The van der Waals surface area contributed by atoms with E-state index in [2.05, 4.69) is 15.9 Å². The van der Waals surface area contributed by atoms with Crippen molar-refractivity contribution in [3.05, 3.63) is 23.7 Å². The molecule has 1 amide bonds. The van der Waals surface area contributed by atoms with Gasteiger partial charge in [0, 0.05) is 7.05 Å². The summed E-state index contributed by atoms with van der Waals surface area (Å²) in [5.41, 5.74) is 0. The van der Waals surface area contributed by atoms with Gasteiger partial charge < -0.3 is 9.32 Å². The first-order valence-corrected chi connectivity index (χ1v) is 5.90. The van der Waals surface area contributed by atoms with Crippen molar-refractivity contribution < 1.29 is 9.21 Å². The van der Waals surface area contributed by atoms with E-state index < -0.39 is 0 Å². The maximum absolute atomic E-state index is 11.7. The Kier molecular flexibility index (Phi) is 4.39. The fraction of sp³-hybridized carbons (Fsp3) is 0.545. The SMILES string of the molecule is CCC(Br)C(=O)N(C)Cc1ccc(C)o1. The van der Waals surface area contributed by atoms with Crippen molar-refractivity contribution in [2.75, 3.05) is 7.05 Å². The van der Waals surface area contributed by atoms with Crippen LogP contribution in [-0.2, 0) is 11.3 Å². The summed E-state index contributed by atoms with van der Waals surface area (Å²) in [5.74, 6) is 1.78. The predicted octanol–water partition coefficient (Wildman–Crippen LogP) is 2.72. The van der Waals surface area contributed by atoms with Crippen LogP contribution in [0.5, 0.6) is 0 Å². The lowest BCUT2D eigenvalue weighted by Crippen LogP contribution is -2.32. The number of hydrogen-bond acceptors (Lipinski definition) is 2. The Morgan fingerprint density at radius 1 is 1.60 bits per heavy atom. The normalized spacial score (nSPS) is 12.5. The molecule has 3 nitrogen and oxygen atoms in total. The lowest BCUT2D eigenvalue weighted by Gasteiger charge is -2.18. The summed E-state index contributed by atoms with van der Waals surface area (Å²) in [4.78, 5) is 13.3. The van der Waals surface area contributed by atoms with Gasteiger partial charge in [0.25, 0.3) is 0 Å². The van der Waals surface area contributed by atoms with Crippen LogP contribution in [0.25, 0.3) is 0 Å². The maximum atomic E-state index is 11.7. The summed E-state index contributed by atoms with van der Waals surface area (Å²) in [6.45, 7) is 4.39. The summed E-state index contributed by atoms with van der Waals surface area (Å²) in [7, 11) is 1.78. The number of aryl methyl sites for hydroxylation is 1. The highest BCUT2D eigenvalue weighted by Gasteiger charge is 2.17. The fourth-order valence-corrected chi connectivity index (χ4v) is 1.65. The molecule has 1 heterocycles. The van der Waals surface area contributed by atoms with E-state index in [0.717, 1.165) is 17.9 Å². The summed E-state index contributed by atoms with van der Waals surface area (Å²) in [6.07, 6.45) is 0.792. The van der Waals surface area contributed by atoms with Gasteiger partial charge in [-0.2, -0.15) is 0 Å². The Morgan fingerprint density at radius 2 is 2.27 bits per heavy atom. The molecule has 0 fully saturated rings. The van der Waals surface area contributed by atoms with Crippen LogP contribution in [0.2, 0.25) is 0 Å². The number of halogens is 1. The quantitative estimate of drug-likeness (QED) is 0.791. The first kappa shape index (κ1) is 12.3. The van der Waals surface area contributed by atoms with Gasteiger partial charge in [-0.3, -0.25) is 4.79 Å². The second kappa shape index (κ2) is 5.35. The van der Waals surface area contributed by atoms with Crippen LogP contribution in [-0.4, -0.2) is 22.7 Å². The zero-order chi connectivity index (χ0) is 11.4. The number of furan rings is 1. The molecule has 0 N–H and O–H groups in total. The Labute approximate surface area is 98.6 Å². The molecule has 15 heavy (non-hydrogen) atoms. The van der Waals surface area contributed by atoms with Crippen LogP contribution < -0.4 is 0 Å². The lowest BCUT2D eigenvalue weighted by molar-refractivity contribution is -0.129. The van der Waals surface area contributed by atoms with E-state index in [4.69, 9.17) is 4.42 Å². The maximum Gasteiger partial charge on any atom is 0.236 e. The molecule has 0 spiro atoms. The summed E-state index contributed by atoms with van der Waals surface area (Å²) >= 11 is 3.34. The van der Waals surface area contributed by atoms with E-state index in [9.17, 15) is 4.79 Å². The third kappa shape index (κ3) is 3.38. The van der Waals surface area contributed by atoms with Crippen LogP contribution in [0.1, 0.15) is 24.9 Å². The van der Waals surface area contributed by atoms with Gasteiger partial charge in [0.15, 0.2) is 0 Å². The lowest BCUT2D eigenvalue weighted by atomic mass is 10.3. The molecule has 84 valence electrons.